The van der Waals surface area contributed by atoms with Crippen molar-refractivity contribution < 1.29 is 9.53 Å². The van der Waals surface area contributed by atoms with E-state index >= 15 is 0 Å². The van der Waals surface area contributed by atoms with Crippen LogP contribution in [0, 0.1) is 11.8 Å². The number of amides is 1. The molecule has 2 aliphatic carbocycles. The van der Waals surface area contributed by atoms with Crippen molar-refractivity contribution in [2.75, 3.05) is 13.1 Å². The van der Waals surface area contributed by atoms with Crippen molar-refractivity contribution in [3.8, 4) is 0 Å². The summed E-state index contributed by atoms with van der Waals surface area (Å²) < 4.78 is 5.44. The molecule has 0 radical (unpaired) electrons. The third kappa shape index (κ3) is 4.03. The Morgan fingerprint density at radius 2 is 1.56 bits per heavy atom. The predicted octanol–water partition coefficient (Wildman–Crippen LogP) is 3.04. The van der Waals surface area contributed by atoms with Crippen LogP contribution in [0.5, 0.6) is 0 Å². The van der Waals surface area contributed by atoms with Gasteiger partial charge in [-0.05, 0) is 58.3 Å². The summed E-state index contributed by atoms with van der Waals surface area (Å²) in [4.78, 5) is 13.9. The lowest BCUT2D eigenvalue weighted by Gasteiger charge is -2.27. The third-order valence-electron chi connectivity index (χ3n) is 3.00. The summed E-state index contributed by atoms with van der Waals surface area (Å²) in [6.45, 7) is 7.60. The minimum atomic E-state index is -0.373. The monoisotopic (exact) mass is 225 g/mol. The minimum absolute atomic E-state index is 0.119. The molecule has 0 aromatic carbocycles. The Bertz CT molecular complexity index is 248. The van der Waals surface area contributed by atoms with Crippen molar-refractivity contribution in [3.63, 3.8) is 0 Å². The zero-order chi connectivity index (χ0) is 11.8. The Morgan fingerprint density at radius 1 is 1.12 bits per heavy atom. The van der Waals surface area contributed by atoms with Crippen molar-refractivity contribution >= 4 is 6.09 Å². The van der Waals surface area contributed by atoms with Crippen LogP contribution >= 0.6 is 0 Å². The summed E-state index contributed by atoms with van der Waals surface area (Å²) in [6, 6.07) is 0. The molecule has 0 aliphatic heterocycles. The molecule has 0 aromatic heterocycles. The lowest BCUT2D eigenvalue weighted by atomic mass is 10.2. The molecule has 0 saturated heterocycles. The van der Waals surface area contributed by atoms with E-state index in [-0.39, 0.29) is 11.7 Å². The minimum Gasteiger partial charge on any atom is -0.444 e. The lowest BCUT2D eigenvalue weighted by molar-refractivity contribution is 0.0232. The van der Waals surface area contributed by atoms with E-state index in [1.807, 2.05) is 25.7 Å². The Morgan fingerprint density at radius 3 is 1.88 bits per heavy atom. The van der Waals surface area contributed by atoms with Crippen molar-refractivity contribution in [2.24, 2.45) is 11.8 Å². The van der Waals surface area contributed by atoms with E-state index in [1.165, 1.54) is 25.7 Å². The molecular formula is C13H23NO2. The summed E-state index contributed by atoms with van der Waals surface area (Å²) in [5, 5.41) is 0. The van der Waals surface area contributed by atoms with E-state index < -0.39 is 0 Å². The zero-order valence-electron chi connectivity index (χ0n) is 10.7. The SMILES string of the molecule is CC(C)(C)OC(=O)N(CC1CC1)CC1CC1. The fraction of sp³-hybridized carbons (Fsp3) is 0.923. The van der Waals surface area contributed by atoms with Gasteiger partial charge in [-0.3, -0.25) is 0 Å². The molecule has 92 valence electrons. The highest BCUT2D eigenvalue weighted by molar-refractivity contribution is 5.68. The summed E-state index contributed by atoms with van der Waals surface area (Å²) >= 11 is 0. The quantitative estimate of drug-likeness (QED) is 0.736. The van der Waals surface area contributed by atoms with Crippen LogP contribution in [0.2, 0.25) is 0 Å². The number of carbonyl (C=O) groups excluding carboxylic acids is 1. The number of ether oxygens (including phenoxy) is 1. The van der Waals surface area contributed by atoms with Crippen LogP contribution in [0.25, 0.3) is 0 Å². The average Bonchev–Trinajstić information content (AvgIpc) is 2.92. The number of nitrogens with zero attached hydrogens (tertiary/aromatic N) is 1. The van der Waals surface area contributed by atoms with E-state index in [0.717, 1.165) is 24.9 Å². The summed E-state index contributed by atoms with van der Waals surface area (Å²) in [5.74, 6) is 1.48. The first kappa shape index (κ1) is 11.7. The van der Waals surface area contributed by atoms with Crippen molar-refractivity contribution in [2.45, 2.75) is 52.1 Å². The van der Waals surface area contributed by atoms with Crippen LogP contribution in [0.15, 0.2) is 0 Å². The van der Waals surface area contributed by atoms with E-state index in [1.54, 1.807) is 0 Å². The zero-order valence-corrected chi connectivity index (χ0v) is 10.7. The standard InChI is InChI=1S/C13H23NO2/c1-13(2,3)16-12(15)14(8-10-4-5-10)9-11-6-7-11/h10-11H,4-9H2,1-3H3. The van der Waals surface area contributed by atoms with Crippen LogP contribution in [0.3, 0.4) is 0 Å². The third-order valence-corrected chi connectivity index (χ3v) is 3.00. The molecular weight excluding hydrogens is 202 g/mol. The van der Waals surface area contributed by atoms with E-state index in [9.17, 15) is 4.79 Å². The van der Waals surface area contributed by atoms with Gasteiger partial charge >= 0.3 is 6.09 Å². The van der Waals surface area contributed by atoms with Gasteiger partial charge in [0.2, 0.25) is 0 Å². The second-order valence-corrected chi connectivity index (χ2v) is 6.27. The molecule has 0 aromatic rings. The van der Waals surface area contributed by atoms with Crippen molar-refractivity contribution in [3.05, 3.63) is 0 Å². The van der Waals surface area contributed by atoms with Gasteiger partial charge in [-0.2, -0.15) is 0 Å². The van der Waals surface area contributed by atoms with Gasteiger partial charge in [-0.1, -0.05) is 0 Å². The predicted molar refractivity (Wildman–Crippen MR) is 63.3 cm³/mol. The molecule has 1 amide bonds. The van der Waals surface area contributed by atoms with Crippen LogP contribution in [0.4, 0.5) is 4.79 Å². The second-order valence-electron chi connectivity index (χ2n) is 6.27. The Hall–Kier alpha value is -0.730. The van der Waals surface area contributed by atoms with Crippen molar-refractivity contribution in [1.82, 2.24) is 4.90 Å². The summed E-state index contributed by atoms with van der Waals surface area (Å²) in [6.07, 6.45) is 5.01. The molecule has 3 nitrogen and oxygen atoms in total. The Kier molecular flexibility index (Phi) is 3.13. The smallest absolute Gasteiger partial charge is 0.410 e. The van der Waals surface area contributed by atoms with Gasteiger partial charge in [-0.15, -0.1) is 0 Å². The molecule has 2 fully saturated rings. The molecule has 0 atom stereocenters. The second kappa shape index (κ2) is 4.27. The highest BCUT2D eigenvalue weighted by Gasteiger charge is 2.33. The maximum absolute atomic E-state index is 12.0. The van der Waals surface area contributed by atoms with Crippen LogP contribution in [-0.4, -0.2) is 29.7 Å². The molecule has 0 N–H and O–H groups in total. The fourth-order valence-corrected chi connectivity index (χ4v) is 1.77. The van der Waals surface area contributed by atoms with Gasteiger partial charge in [0.05, 0.1) is 0 Å². The van der Waals surface area contributed by atoms with E-state index in [4.69, 9.17) is 4.74 Å². The number of hydrogen-bond donors (Lipinski definition) is 0. The number of carbonyl (C=O) groups is 1. The first-order valence-electron chi connectivity index (χ1n) is 6.42. The number of hydrogen-bond acceptors (Lipinski definition) is 2. The molecule has 2 saturated carbocycles. The highest BCUT2D eigenvalue weighted by atomic mass is 16.6. The van der Waals surface area contributed by atoms with Gasteiger partial charge in [0.15, 0.2) is 0 Å². The molecule has 0 bridgehead atoms. The largest absolute Gasteiger partial charge is 0.444 e. The normalized spacial score (nSPS) is 20.7. The lowest BCUT2D eigenvalue weighted by Crippen LogP contribution is -2.39. The summed E-state index contributed by atoms with van der Waals surface area (Å²) in [7, 11) is 0. The maximum Gasteiger partial charge on any atom is 0.410 e. The molecule has 0 spiro atoms. The van der Waals surface area contributed by atoms with Crippen LogP contribution < -0.4 is 0 Å². The average molecular weight is 225 g/mol. The first-order valence-corrected chi connectivity index (χ1v) is 6.42. The molecule has 0 heterocycles. The van der Waals surface area contributed by atoms with Crippen LogP contribution in [0.1, 0.15) is 46.5 Å². The summed E-state index contributed by atoms with van der Waals surface area (Å²) in [5.41, 5.74) is -0.373. The Balaban J connectivity index is 1.84. The maximum atomic E-state index is 12.0. The fourth-order valence-electron chi connectivity index (χ4n) is 1.77. The first-order chi connectivity index (χ1) is 7.44. The van der Waals surface area contributed by atoms with Gasteiger partial charge < -0.3 is 9.64 Å². The van der Waals surface area contributed by atoms with Gasteiger partial charge in [0.1, 0.15) is 5.60 Å². The molecule has 2 aliphatic rings. The molecule has 16 heavy (non-hydrogen) atoms. The van der Waals surface area contributed by atoms with Gasteiger partial charge in [-0.25, -0.2) is 4.79 Å². The highest BCUT2D eigenvalue weighted by Crippen LogP contribution is 2.34. The number of rotatable bonds is 4. The molecule has 0 unspecified atom stereocenters. The molecule has 2 rings (SSSR count). The topological polar surface area (TPSA) is 29.5 Å². The molecule has 3 heteroatoms. The van der Waals surface area contributed by atoms with Crippen LogP contribution in [-0.2, 0) is 4.74 Å². The Labute approximate surface area is 98.1 Å². The van der Waals surface area contributed by atoms with E-state index in [0.29, 0.717) is 0 Å². The van der Waals surface area contributed by atoms with Crippen molar-refractivity contribution in [1.29, 1.82) is 0 Å². The van der Waals surface area contributed by atoms with Gasteiger partial charge in [0.25, 0.3) is 0 Å². The van der Waals surface area contributed by atoms with Gasteiger partial charge in [0, 0.05) is 13.1 Å². The van der Waals surface area contributed by atoms with E-state index in [2.05, 4.69) is 0 Å².